The van der Waals surface area contributed by atoms with Gasteiger partial charge in [0.15, 0.2) is 0 Å². The van der Waals surface area contributed by atoms with Crippen molar-refractivity contribution in [2.24, 2.45) is 0 Å². The molecule has 0 spiro atoms. The van der Waals surface area contributed by atoms with Crippen LogP contribution in [0.4, 0.5) is 0 Å². The average molecular weight is 203 g/mol. The summed E-state index contributed by atoms with van der Waals surface area (Å²) in [5, 5.41) is 0. The largest absolute Gasteiger partial charge is 0.0776 e. The van der Waals surface area contributed by atoms with Crippen LogP contribution in [-0.2, 0) is 0 Å². The predicted octanol–water partition coefficient (Wildman–Crippen LogP) is 8.13. The van der Waals surface area contributed by atoms with Crippen LogP contribution in [-0.4, -0.2) is 0 Å². The van der Waals surface area contributed by atoms with Crippen molar-refractivity contribution in [3.8, 4) is 0 Å². The molecule has 0 aliphatic rings. The second kappa shape index (κ2) is 0. The summed E-state index contributed by atoms with van der Waals surface area (Å²) in [4.78, 5) is 0. The maximum atomic E-state index is 5.00. The Morgan fingerprint density at radius 3 is 0.250 bits per heavy atom. The highest BCUT2D eigenvalue weighted by Crippen LogP contribution is 0.155. The summed E-state index contributed by atoms with van der Waals surface area (Å²) >= 11 is 0. The fourth-order valence-electron chi connectivity index (χ4n) is 0. The van der Waals surface area contributed by atoms with Gasteiger partial charge in [-0.15, -0.1) is 0 Å². The molecule has 0 radical (unpaired) electrons. The Kier molecular flexibility index (Phi) is 0. The van der Waals surface area contributed by atoms with Crippen molar-refractivity contribution >= 4 is 0 Å². The first kappa shape index (κ1) is 1450. The number of hydrogen-bond donors (Lipinski definition) is 0. The third-order valence-electron chi connectivity index (χ3n) is 0. The van der Waals surface area contributed by atoms with E-state index < -0.39 is 0 Å². The SMILES string of the molecule is C.C.C.C.C.C.C.C.C.C.C.C.[3HH].[3H][3H]. The molecule has 0 nitrogen and oxygen atoms in total. The molecule has 0 unspecified atom stereocenters. The molecule has 0 heteroatoms. The molecule has 0 aromatic rings. The summed E-state index contributed by atoms with van der Waals surface area (Å²) in [6.07, 6.45) is 0. The topological polar surface area (TPSA) is 0 Å². The summed E-state index contributed by atoms with van der Waals surface area (Å²) in [5.74, 6) is 0. The zero-order valence-corrected chi connectivity index (χ0v) is 0. The van der Waals surface area contributed by atoms with Crippen LogP contribution >= 0.6 is 0 Å². The molecule has 0 atom stereocenters. The standard InChI is InChI=1S/12CH4.2H2/h12*1H4;2*1H/i;;;;;;;;;;;;1+2T;1+2. The van der Waals surface area contributed by atoms with Crippen molar-refractivity contribution in [2.75, 3.05) is 0 Å². The van der Waals surface area contributed by atoms with Crippen molar-refractivity contribution < 1.29 is 4.40 Å². The van der Waals surface area contributed by atoms with Crippen LogP contribution in [0.1, 0.15) is 93.5 Å². The highest BCUT2D eigenvalue weighted by atomic mass is 12.0. The molecule has 0 aliphatic carbocycles. The molecular weight excluding hydrogens is 144 g/mol. The van der Waals surface area contributed by atoms with Crippen LogP contribution in [0.2, 0.25) is 0 Å². The predicted molar refractivity (Wildman–Crippen MR) is 85.0 cm³/mol. The molecule has 0 aromatic carbocycles. The van der Waals surface area contributed by atoms with E-state index in [1.165, 1.54) is 0 Å². The molecule has 0 N–H and O–H groups in total. The molecule has 0 saturated carbocycles. The van der Waals surface area contributed by atoms with E-state index in [1.807, 2.05) is 0 Å². The van der Waals surface area contributed by atoms with E-state index in [0.717, 1.165) is 0 Å². The fraction of sp³-hybridized carbons (Fsp3) is 1.00. The Morgan fingerprint density at radius 2 is 0.250 bits per heavy atom. The van der Waals surface area contributed by atoms with Crippen LogP contribution in [0.3, 0.4) is 0 Å². The van der Waals surface area contributed by atoms with E-state index in [0.29, 0.717) is 0 Å². The first-order valence-corrected chi connectivity index (χ1v) is 0. The van der Waals surface area contributed by atoms with E-state index in [2.05, 4.69) is 0 Å². The Balaban J connectivity index is -0.0000000000641. The van der Waals surface area contributed by atoms with Crippen molar-refractivity contribution in [1.82, 2.24) is 0 Å². The summed E-state index contributed by atoms with van der Waals surface area (Å²) in [7, 11) is 0. The van der Waals surface area contributed by atoms with Gasteiger partial charge in [-0.3, -0.25) is 0 Å². The molecule has 0 heterocycles. The Labute approximate surface area is 94.4 Å². The van der Waals surface area contributed by atoms with E-state index in [9.17, 15) is 0 Å². The van der Waals surface area contributed by atoms with Gasteiger partial charge < -0.3 is 0 Å². The monoisotopic (exact) mass is 202 g/mol. The average Bonchev–Trinajstić information content (AvgIpc) is 1.00. The van der Waals surface area contributed by atoms with Crippen molar-refractivity contribution in [1.29, 1.82) is 0 Å². The molecule has 0 aliphatic heterocycles. The zero-order valence-electron chi connectivity index (χ0n) is 2.00. The normalized spacial score (nSPS) is 0.667. The zero-order chi connectivity index (χ0) is 2.00. The summed E-state index contributed by atoms with van der Waals surface area (Å²) in [5.41, 5.74) is 0. The van der Waals surface area contributed by atoms with Crippen LogP contribution < -0.4 is 0 Å². The van der Waals surface area contributed by atoms with E-state index in [1.54, 1.807) is 0 Å². The molecular formula is C12H52. The summed E-state index contributed by atoms with van der Waals surface area (Å²) < 4.78 is 10.0. The summed E-state index contributed by atoms with van der Waals surface area (Å²) in [6, 6.07) is 0. The maximum Gasteiger partial charge on any atom is 0 e. The Bertz CT molecular complexity index is 10.8. The van der Waals surface area contributed by atoms with Gasteiger partial charge in [0.05, 0.1) is 0 Å². The molecule has 12 heavy (non-hydrogen) atoms. The first-order valence-electron chi connectivity index (χ1n) is 1.00. The number of rotatable bonds is 0. The Morgan fingerprint density at radius 1 is 0.250 bits per heavy atom. The maximum absolute atomic E-state index is 5.00. The van der Waals surface area contributed by atoms with Gasteiger partial charge in [-0.05, 0) is 0 Å². The van der Waals surface area contributed by atoms with Gasteiger partial charge in [-0.2, -0.15) is 0 Å². The van der Waals surface area contributed by atoms with Crippen LogP contribution in [0.5, 0.6) is 0 Å². The van der Waals surface area contributed by atoms with Gasteiger partial charge in [0.25, 0.3) is 0 Å². The van der Waals surface area contributed by atoms with Gasteiger partial charge in [-0.25, -0.2) is 0 Å². The van der Waals surface area contributed by atoms with E-state index >= 15 is 0 Å². The minimum Gasteiger partial charge on any atom is -0.0776 e. The van der Waals surface area contributed by atoms with Gasteiger partial charge >= 0.3 is 0 Å². The quantitative estimate of drug-likeness (QED) is 0.372. The lowest BCUT2D eigenvalue weighted by Crippen LogP contribution is 0.143. The highest BCUT2D eigenvalue weighted by Gasteiger charge is -0.0666. The Hall–Kier alpha value is 0. The van der Waals surface area contributed by atoms with Gasteiger partial charge in [0, 0.05) is 4.40 Å². The van der Waals surface area contributed by atoms with Crippen LogP contribution in [0.25, 0.3) is 0 Å². The van der Waals surface area contributed by atoms with Gasteiger partial charge in [-0.1, -0.05) is 89.1 Å². The lowest BCUT2D eigenvalue weighted by atomic mass is 12.0. The first-order chi connectivity index (χ1) is 1.00. The molecule has 0 rings (SSSR count). The van der Waals surface area contributed by atoms with Crippen LogP contribution in [0, 0.1) is 0 Å². The van der Waals surface area contributed by atoms with E-state index in [-0.39, 0.29) is 90.5 Å². The number of hydrogen-bond acceptors (Lipinski definition) is 0. The van der Waals surface area contributed by atoms with Crippen molar-refractivity contribution in [3.05, 3.63) is 0 Å². The second-order valence-corrected chi connectivity index (χ2v) is 0. The lowest BCUT2D eigenvalue weighted by molar-refractivity contribution is 2.50. The molecule has 0 amide bonds. The highest BCUT2D eigenvalue weighted by molar-refractivity contribution is 2.51. The fourth-order valence-corrected chi connectivity index (χ4v) is 0. The third kappa shape index (κ3) is 0. The molecule has 0 fully saturated rings. The van der Waals surface area contributed by atoms with Crippen molar-refractivity contribution in [3.63, 3.8) is 0 Å². The molecule has 0 bridgehead atoms. The van der Waals surface area contributed by atoms with E-state index in [4.69, 9.17) is 2.97 Å². The second-order valence-electron chi connectivity index (χ2n) is 0. The van der Waals surface area contributed by atoms with Crippen LogP contribution in [0.15, 0.2) is 0 Å². The minimum absolute atomic E-state index is 0. The third-order valence-corrected chi connectivity index (χ3v) is 0. The lowest BCUT2D eigenvalue weighted by Gasteiger charge is -0.0786. The molecule has 0 aromatic heterocycles. The molecule has 100 valence electrons. The minimum atomic E-state index is 0. The smallest absolute Gasteiger partial charge is 0 e. The molecule has 0 saturated heterocycles. The summed E-state index contributed by atoms with van der Waals surface area (Å²) in [6.45, 7) is 0. The van der Waals surface area contributed by atoms with Gasteiger partial charge in [0.1, 0.15) is 0 Å². The van der Waals surface area contributed by atoms with Gasteiger partial charge in [0.2, 0.25) is 0 Å². The van der Waals surface area contributed by atoms with Crippen molar-refractivity contribution in [2.45, 2.75) is 89.1 Å².